The number of nitro benzene ring substituents is 1. The second-order valence-electron chi connectivity index (χ2n) is 7.12. The Hall–Kier alpha value is -4.14. The number of azo groups is 2. The van der Waals surface area contributed by atoms with Crippen LogP contribution < -0.4 is 9.47 Å². The molecule has 0 aliphatic heterocycles. The van der Waals surface area contributed by atoms with Gasteiger partial charge in [0.1, 0.15) is 22.9 Å². The average molecular weight is 433 g/mol. The Morgan fingerprint density at radius 1 is 0.750 bits per heavy atom. The Morgan fingerprint density at radius 3 is 1.56 bits per heavy atom. The van der Waals surface area contributed by atoms with Crippen LogP contribution in [0.25, 0.3) is 0 Å². The molecule has 0 saturated heterocycles. The van der Waals surface area contributed by atoms with Gasteiger partial charge < -0.3 is 9.47 Å². The van der Waals surface area contributed by atoms with Gasteiger partial charge in [-0.2, -0.15) is 10.2 Å². The van der Waals surface area contributed by atoms with Crippen LogP contribution in [0.5, 0.6) is 11.5 Å². The molecule has 9 nitrogen and oxygen atoms in total. The van der Waals surface area contributed by atoms with Crippen LogP contribution in [-0.4, -0.2) is 19.1 Å². The summed E-state index contributed by atoms with van der Waals surface area (Å²) in [7, 11) is 3.04. The van der Waals surface area contributed by atoms with Crippen molar-refractivity contribution in [3.05, 3.63) is 76.3 Å². The van der Waals surface area contributed by atoms with Gasteiger partial charge in [-0.25, -0.2) is 0 Å². The average Bonchev–Trinajstić information content (AvgIpc) is 2.81. The maximum absolute atomic E-state index is 10.8. The molecule has 0 radical (unpaired) electrons. The molecule has 0 amide bonds. The molecule has 3 aromatic rings. The molecular formula is C23H23N5O4. The Kier molecular flexibility index (Phi) is 7.22. The van der Waals surface area contributed by atoms with Gasteiger partial charge in [-0.1, -0.05) is 26.0 Å². The summed E-state index contributed by atoms with van der Waals surface area (Å²) in [5.41, 5.74) is 3.29. The summed E-state index contributed by atoms with van der Waals surface area (Å²) in [5, 5.41) is 27.7. The van der Waals surface area contributed by atoms with Crippen molar-refractivity contribution in [1.82, 2.24) is 0 Å². The largest absolute Gasteiger partial charge is 0.494 e. The van der Waals surface area contributed by atoms with E-state index in [-0.39, 0.29) is 5.69 Å². The van der Waals surface area contributed by atoms with E-state index in [1.54, 1.807) is 12.1 Å². The number of non-ortho nitro benzene ring substituents is 1. The van der Waals surface area contributed by atoms with Gasteiger partial charge in [0.15, 0.2) is 0 Å². The number of rotatable bonds is 8. The SMILES string of the molecule is COc1cc(N=Nc2ccc([N+](=O)[O-])cc2)c(OC)cc1N=Nc1ccc(C(C)C)cc1. The van der Waals surface area contributed by atoms with Crippen molar-refractivity contribution >= 4 is 28.4 Å². The van der Waals surface area contributed by atoms with E-state index in [0.29, 0.717) is 34.5 Å². The summed E-state index contributed by atoms with van der Waals surface area (Å²) in [4.78, 5) is 10.3. The third-order valence-electron chi connectivity index (χ3n) is 4.65. The Balaban J connectivity index is 1.86. The van der Waals surface area contributed by atoms with Crippen molar-refractivity contribution in [2.75, 3.05) is 14.2 Å². The number of benzene rings is 3. The summed E-state index contributed by atoms with van der Waals surface area (Å²) >= 11 is 0. The van der Waals surface area contributed by atoms with E-state index in [4.69, 9.17) is 9.47 Å². The normalized spacial score (nSPS) is 11.4. The minimum Gasteiger partial charge on any atom is -0.494 e. The third-order valence-corrected chi connectivity index (χ3v) is 4.65. The van der Waals surface area contributed by atoms with Gasteiger partial charge in [-0.15, -0.1) is 10.2 Å². The minimum atomic E-state index is -0.471. The molecule has 32 heavy (non-hydrogen) atoms. The quantitative estimate of drug-likeness (QED) is 0.207. The van der Waals surface area contributed by atoms with Crippen LogP contribution in [0.2, 0.25) is 0 Å². The van der Waals surface area contributed by atoms with Crippen molar-refractivity contribution < 1.29 is 14.4 Å². The molecule has 164 valence electrons. The predicted molar refractivity (Wildman–Crippen MR) is 122 cm³/mol. The van der Waals surface area contributed by atoms with Crippen LogP contribution in [0, 0.1) is 10.1 Å². The second-order valence-corrected chi connectivity index (χ2v) is 7.12. The maximum atomic E-state index is 10.8. The van der Waals surface area contributed by atoms with Crippen molar-refractivity contribution in [1.29, 1.82) is 0 Å². The highest BCUT2D eigenvalue weighted by Crippen LogP contribution is 2.41. The second kappa shape index (κ2) is 10.3. The molecule has 0 fully saturated rings. The summed E-state index contributed by atoms with van der Waals surface area (Å²) in [6.07, 6.45) is 0. The summed E-state index contributed by atoms with van der Waals surface area (Å²) < 4.78 is 10.9. The van der Waals surface area contributed by atoms with Crippen LogP contribution in [0.4, 0.5) is 28.4 Å². The topological polar surface area (TPSA) is 111 Å². The number of methoxy groups -OCH3 is 2. The van der Waals surface area contributed by atoms with E-state index in [9.17, 15) is 10.1 Å². The first kappa shape index (κ1) is 22.5. The van der Waals surface area contributed by atoms with Crippen molar-refractivity contribution in [2.45, 2.75) is 19.8 Å². The van der Waals surface area contributed by atoms with Crippen molar-refractivity contribution in [3.63, 3.8) is 0 Å². The zero-order chi connectivity index (χ0) is 23.1. The molecule has 0 atom stereocenters. The van der Waals surface area contributed by atoms with Crippen LogP contribution >= 0.6 is 0 Å². The third kappa shape index (κ3) is 5.51. The molecule has 0 N–H and O–H groups in total. The van der Waals surface area contributed by atoms with E-state index in [1.165, 1.54) is 44.0 Å². The maximum Gasteiger partial charge on any atom is 0.269 e. The summed E-state index contributed by atoms with van der Waals surface area (Å²) in [5.74, 6) is 1.32. The Bertz CT molecular complexity index is 1140. The molecule has 3 aromatic carbocycles. The zero-order valence-electron chi connectivity index (χ0n) is 18.2. The highest BCUT2D eigenvalue weighted by atomic mass is 16.6. The molecule has 0 aliphatic carbocycles. The molecule has 9 heteroatoms. The standard InChI is InChI=1S/C23H23N5O4/c1-15(2)16-5-7-17(8-6-16)24-26-20-13-23(32-4)21(14-22(20)31-3)27-25-18-9-11-19(12-10-18)28(29)30/h5-15H,1-4H3. The van der Waals surface area contributed by atoms with Gasteiger partial charge in [0.2, 0.25) is 0 Å². The highest BCUT2D eigenvalue weighted by Gasteiger charge is 2.12. The van der Waals surface area contributed by atoms with E-state index in [2.05, 4.69) is 34.3 Å². The van der Waals surface area contributed by atoms with E-state index in [1.807, 2.05) is 24.3 Å². The fourth-order valence-electron chi connectivity index (χ4n) is 2.81. The first-order valence-corrected chi connectivity index (χ1v) is 9.85. The van der Waals surface area contributed by atoms with Crippen LogP contribution in [0.3, 0.4) is 0 Å². The van der Waals surface area contributed by atoms with Gasteiger partial charge in [0, 0.05) is 24.3 Å². The van der Waals surface area contributed by atoms with Crippen LogP contribution in [0.1, 0.15) is 25.3 Å². The number of hydrogen-bond donors (Lipinski definition) is 0. The van der Waals surface area contributed by atoms with Gasteiger partial charge in [-0.3, -0.25) is 10.1 Å². The lowest BCUT2D eigenvalue weighted by atomic mass is 10.0. The molecular weight excluding hydrogens is 410 g/mol. The number of nitro groups is 1. The predicted octanol–water partition coefficient (Wildman–Crippen LogP) is 7.57. The molecule has 0 bridgehead atoms. The van der Waals surface area contributed by atoms with Gasteiger partial charge >= 0.3 is 0 Å². The van der Waals surface area contributed by atoms with Gasteiger partial charge in [0.25, 0.3) is 5.69 Å². The molecule has 3 rings (SSSR count). The Morgan fingerprint density at radius 2 is 1.19 bits per heavy atom. The molecule has 0 heterocycles. The Labute approximate surface area is 185 Å². The lowest BCUT2D eigenvalue weighted by Gasteiger charge is -2.09. The van der Waals surface area contributed by atoms with E-state index >= 15 is 0 Å². The molecule has 0 unspecified atom stereocenters. The first-order chi connectivity index (χ1) is 15.4. The van der Waals surface area contributed by atoms with E-state index in [0.717, 1.165) is 5.69 Å². The molecule has 0 saturated carbocycles. The van der Waals surface area contributed by atoms with Crippen LogP contribution in [-0.2, 0) is 0 Å². The lowest BCUT2D eigenvalue weighted by Crippen LogP contribution is -1.88. The lowest BCUT2D eigenvalue weighted by molar-refractivity contribution is -0.384. The fourth-order valence-corrected chi connectivity index (χ4v) is 2.81. The fraction of sp³-hybridized carbons (Fsp3) is 0.217. The summed E-state index contributed by atoms with van der Waals surface area (Å²) in [6, 6.07) is 16.9. The number of ether oxygens (including phenoxy) is 2. The first-order valence-electron chi connectivity index (χ1n) is 9.85. The van der Waals surface area contributed by atoms with E-state index < -0.39 is 4.92 Å². The molecule has 0 aliphatic rings. The zero-order valence-corrected chi connectivity index (χ0v) is 18.2. The molecule has 0 spiro atoms. The molecule has 0 aromatic heterocycles. The van der Waals surface area contributed by atoms with Crippen molar-refractivity contribution in [3.8, 4) is 11.5 Å². The number of nitrogens with zero attached hydrogens (tertiary/aromatic N) is 5. The number of hydrogen-bond acceptors (Lipinski definition) is 8. The summed E-state index contributed by atoms with van der Waals surface area (Å²) in [6.45, 7) is 4.27. The smallest absolute Gasteiger partial charge is 0.269 e. The van der Waals surface area contributed by atoms with Gasteiger partial charge in [-0.05, 0) is 35.7 Å². The van der Waals surface area contributed by atoms with Crippen molar-refractivity contribution in [2.24, 2.45) is 20.5 Å². The van der Waals surface area contributed by atoms with Crippen LogP contribution in [0.15, 0.2) is 81.1 Å². The van der Waals surface area contributed by atoms with Gasteiger partial charge in [0.05, 0.1) is 30.5 Å². The monoisotopic (exact) mass is 433 g/mol. The highest BCUT2D eigenvalue weighted by molar-refractivity contribution is 5.66. The minimum absolute atomic E-state index is 0.0169.